The minimum Gasteiger partial charge on any atom is -0.481 e. The van der Waals surface area contributed by atoms with E-state index in [4.69, 9.17) is 16.7 Å². The van der Waals surface area contributed by atoms with E-state index in [-0.39, 0.29) is 12.3 Å². The maximum absolute atomic E-state index is 11.8. The largest absolute Gasteiger partial charge is 0.481 e. The van der Waals surface area contributed by atoms with Crippen molar-refractivity contribution in [3.8, 4) is 0 Å². The topological polar surface area (TPSA) is 69.6 Å². The van der Waals surface area contributed by atoms with Gasteiger partial charge in [0.25, 0.3) is 0 Å². The van der Waals surface area contributed by atoms with Crippen molar-refractivity contribution in [3.63, 3.8) is 0 Å². The third kappa shape index (κ3) is 3.71. The fourth-order valence-electron chi connectivity index (χ4n) is 2.21. The second kappa shape index (κ2) is 6.56. The van der Waals surface area contributed by atoms with Gasteiger partial charge in [0.05, 0.1) is 11.4 Å². The number of nitrogens with zero attached hydrogens (tertiary/aromatic N) is 1. The van der Waals surface area contributed by atoms with Crippen LogP contribution in [0.25, 0.3) is 0 Å². The van der Waals surface area contributed by atoms with Crippen LogP contribution in [0.3, 0.4) is 0 Å². The Labute approximate surface area is 130 Å². The van der Waals surface area contributed by atoms with Crippen molar-refractivity contribution in [1.29, 1.82) is 0 Å². The highest BCUT2D eigenvalue weighted by Gasteiger charge is 2.31. The van der Waals surface area contributed by atoms with Gasteiger partial charge in [0, 0.05) is 24.1 Å². The van der Waals surface area contributed by atoms with Gasteiger partial charge < -0.3 is 10.4 Å². The van der Waals surface area contributed by atoms with Crippen LogP contribution in [0.1, 0.15) is 12.0 Å². The quantitative estimate of drug-likeness (QED) is 0.859. The van der Waals surface area contributed by atoms with Crippen LogP contribution >= 0.6 is 27.5 Å². The molecule has 1 atom stereocenters. The Bertz CT molecular complexity index is 538. The van der Waals surface area contributed by atoms with E-state index in [1.807, 2.05) is 23.1 Å². The van der Waals surface area contributed by atoms with Gasteiger partial charge in [-0.25, -0.2) is 0 Å². The zero-order valence-electron chi connectivity index (χ0n) is 10.6. The van der Waals surface area contributed by atoms with Crippen molar-refractivity contribution in [2.45, 2.75) is 19.0 Å². The maximum Gasteiger partial charge on any atom is 0.305 e. The molecule has 7 heteroatoms. The summed E-state index contributed by atoms with van der Waals surface area (Å²) in [5, 5.41) is 12.2. The number of carboxylic acids is 1. The molecule has 1 heterocycles. The first kappa shape index (κ1) is 15.3. The molecule has 0 saturated carbocycles. The van der Waals surface area contributed by atoms with Gasteiger partial charge in [-0.2, -0.15) is 0 Å². The van der Waals surface area contributed by atoms with Crippen molar-refractivity contribution in [1.82, 2.24) is 10.2 Å². The predicted octanol–water partition coefficient (Wildman–Crippen LogP) is 1.88. The minimum absolute atomic E-state index is 0.198. The highest BCUT2D eigenvalue weighted by atomic mass is 79.9. The normalized spacial score (nSPS) is 19.7. The molecule has 0 bridgehead atoms. The Morgan fingerprint density at radius 3 is 2.95 bits per heavy atom. The van der Waals surface area contributed by atoms with Crippen molar-refractivity contribution in [2.75, 3.05) is 13.1 Å². The Balaban J connectivity index is 2.13. The second-order valence-electron chi connectivity index (χ2n) is 4.62. The molecule has 1 aromatic rings. The van der Waals surface area contributed by atoms with Gasteiger partial charge in [-0.15, -0.1) is 0 Å². The molecule has 1 fully saturated rings. The zero-order valence-corrected chi connectivity index (χ0v) is 12.9. The van der Waals surface area contributed by atoms with Crippen molar-refractivity contribution in [2.24, 2.45) is 0 Å². The average Bonchev–Trinajstić information content (AvgIpc) is 2.38. The molecule has 1 saturated heterocycles. The molecule has 1 amide bonds. The molecule has 1 aliphatic heterocycles. The van der Waals surface area contributed by atoms with Crippen LogP contribution in [0, 0.1) is 0 Å². The van der Waals surface area contributed by atoms with Gasteiger partial charge >= 0.3 is 5.97 Å². The fraction of sp³-hybridized carbons (Fsp3) is 0.385. The maximum atomic E-state index is 11.8. The lowest BCUT2D eigenvalue weighted by Gasteiger charge is -2.34. The molecule has 1 aromatic carbocycles. The van der Waals surface area contributed by atoms with Crippen molar-refractivity contribution in [3.05, 3.63) is 33.3 Å². The lowest BCUT2D eigenvalue weighted by Crippen LogP contribution is -2.55. The number of piperazine rings is 1. The van der Waals surface area contributed by atoms with E-state index in [2.05, 4.69) is 21.2 Å². The van der Waals surface area contributed by atoms with E-state index < -0.39 is 12.0 Å². The number of hydrogen-bond donors (Lipinski definition) is 2. The minimum atomic E-state index is -0.981. The average molecular weight is 362 g/mol. The Kier molecular flexibility index (Phi) is 5.01. The molecule has 108 valence electrons. The standard InChI is InChI=1S/C13H14BrClN2O3/c14-9-2-1-8(5-10(9)15)7-17-4-3-16-13(20)11(17)6-12(18)19/h1-2,5,11H,3-4,6-7H2,(H,16,20)(H,18,19). The number of benzene rings is 1. The molecule has 0 spiro atoms. The summed E-state index contributed by atoms with van der Waals surface area (Å²) in [6, 6.07) is 4.92. The number of carbonyl (C=O) groups is 2. The van der Waals surface area contributed by atoms with E-state index in [9.17, 15) is 9.59 Å². The molecule has 2 N–H and O–H groups in total. The Morgan fingerprint density at radius 1 is 1.55 bits per heavy atom. The molecule has 1 aliphatic rings. The molecule has 1 unspecified atom stereocenters. The molecule has 0 aromatic heterocycles. The molecule has 5 nitrogen and oxygen atoms in total. The summed E-state index contributed by atoms with van der Waals surface area (Å²) in [5.41, 5.74) is 0.947. The third-order valence-corrected chi connectivity index (χ3v) is 4.41. The first-order valence-corrected chi connectivity index (χ1v) is 7.32. The smallest absolute Gasteiger partial charge is 0.305 e. The summed E-state index contributed by atoms with van der Waals surface area (Å²) in [4.78, 5) is 24.5. The Morgan fingerprint density at radius 2 is 2.30 bits per heavy atom. The van der Waals surface area contributed by atoms with Crippen LogP contribution in [0.15, 0.2) is 22.7 Å². The van der Waals surface area contributed by atoms with Crippen LogP contribution in [0.5, 0.6) is 0 Å². The fourth-order valence-corrected chi connectivity index (χ4v) is 2.66. The predicted molar refractivity (Wildman–Crippen MR) is 78.6 cm³/mol. The first-order valence-electron chi connectivity index (χ1n) is 6.15. The number of aliphatic carboxylic acids is 1. The summed E-state index contributed by atoms with van der Waals surface area (Å²) >= 11 is 9.36. The monoisotopic (exact) mass is 360 g/mol. The zero-order chi connectivity index (χ0) is 14.7. The summed E-state index contributed by atoms with van der Waals surface area (Å²) in [6.07, 6.45) is -0.198. The highest BCUT2D eigenvalue weighted by Crippen LogP contribution is 2.24. The lowest BCUT2D eigenvalue weighted by atomic mass is 10.1. The molecule has 20 heavy (non-hydrogen) atoms. The van der Waals surface area contributed by atoms with Crippen molar-refractivity contribution < 1.29 is 14.7 Å². The lowest BCUT2D eigenvalue weighted by molar-refractivity contribution is -0.143. The number of carboxylic acid groups (broad SMARTS) is 1. The van der Waals surface area contributed by atoms with Crippen LogP contribution < -0.4 is 5.32 Å². The van der Waals surface area contributed by atoms with Crippen LogP contribution in [-0.2, 0) is 16.1 Å². The molecular formula is C13H14BrClN2O3. The summed E-state index contributed by atoms with van der Waals surface area (Å²) < 4.78 is 0.807. The van der Waals surface area contributed by atoms with E-state index in [1.54, 1.807) is 0 Å². The molecule has 2 rings (SSSR count). The SMILES string of the molecule is O=C(O)CC1C(=O)NCCN1Cc1ccc(Br)c(Cl)c1. The second-order valence-corrected chi connectivity index (χ2v) is 5.89. The summed E-state index contributed by atoms with van der Waals surface area (Å²) in [6.45, 7) is 1.65. The van der Waals surface area contributed by atoms with Gasteiger partial charge in [-0.05, 0) is 33.6 Å². The van der Waals surface area contributed by atoms with E-state index in [0.29, 0.717) is 24.7 Å². The number of rotatable bonds is 4. The summed E-state index contributed by atoms with van der Waals surface area (Å²) in [7, 11) is 0. The molecular weight excluding hydrogens is 348 g/mol. The van der Waals surface area contributed by atoms with E-state index >= 15 is 0 Å². The highest BCUT2D eigenvalue weighted by molar-refractivity contribution is 9.10. The van der Waals surface area contributed by atoms with Gasteiger partial charge in [0.15, 0.2) is 0 Å². The number of carbonyl (C=O) groups excluding carboxylic acids is 1. The number of nitrogens with one attached hydrogen (secondary N) is 1. The first-order chi connectivity index (χ1) is 9.47. The van der Waals surface area contributed by atoms with E-state index in [0.717, 1.165) is 10.0 Å². The Hall–Kier alpha value is -1.11. The van der Waals surface area contributed by atoms with Gasteiger partial charge in [-0.1, -0.05) is 17.7 Å². The summed E-state index contributed by atoms with van der Waals surface area (Å²) in [5.74, 6) is -1.22. The van der Waals surface area contributed by atoms with Crippen LogP contribution in [-0.4, -0.2) is 41.0 Å². The molecule has 0 aliphatic carbocycles. The van der Waals surface area contributed by atoms with Crippen LogP contribution in [0.2, 0.25) is 5.02 Å². The van der Waals surface area contributed by atoms with Crippen molar-refractivity contribution >= 4 is 39.4 Å². The number of amides is 1. The third-order valence-electron chi connectivity index (χ3n) is 3.18. The van der Waals surface area contributed by atoms with E-state index in [1.165, 1.54) is 0 Å². The van der Waals surface area contributed by atoms with Crippen LogP contribution in [0.4, 0.5) is 0 Å². The number of hydrogen-bond acceptors (Lipinski definition) is 3. The number of halogens is 2. The van der Waals surface area contributed by atoms with Gasteiger partial charge in [-0.3, -0.25) is 14.5 Å². The molecule has 0 radical (unpaired) electrons. The van der Waals surface area contributed by atoms with Gasteiger partial charge in [0.2, 0.25) is 5.91 Å². The van der Waals surface area contributed by atoms with Gasteiger partial charge in [0.1, 0.15) is 6.04 Å².